The first-order valence-corrected chi connectivity index (χ1v) is 7.91. The minimum Gasteiger partial charge on any atom is -0.201 e. The second-order valence-corrected chi connectivity index (χ2v) is 6.50. The molecule has 0 N–H and O–H groups in total. The Morgan fingerprint density at radius 2 is 1.59 bits per heavy atom. The summed E-state index contributed by atoms with van der Waals surface area (Å²) in [4.78, 5) is -0.205. The lowest BCUT2D eigenvalue weighted by molar-refractivity contribution is 0.0694. The van der Waals surface area contributed by atoms with E-state index in [1.165, 1.54) is 36.4 Å². The maximum atomic E-state index is 14.2. The summed E-state index contributed by atoms with van der Waals surface area (Å²) >= 11 is 0. The number of sulfonamides is 1. The molecule has 0 spiro atoms. The van der Waals surface area contributed by atoms with E-state index in [1.807, 2.05) is 0 Å². The summed E-state index contributed by atoms with van der Waals surface area (Å²) in [6.45, 7) is 4.83. The van der Waals surface area contributed by atoms with Gasteiger partial charge in [-0.3, -0.25) is 0 Å². The fourth-order valence-corrected chi connectivity index (χ4v) is 3.42. The predicted molar refractivity (Wildman–Crippen MR) is 82.4 cm³/mol. The van der Waals surface area contributed by atoms with Crippen LogP contribution in [0.15, 0.2) is 72.1 Å². The minimum atomic E-state index is -4.43. The number of benzene rings is 2. The van der Waals surface area contributed by atoms with Gasteiger partial charge in [0.1, 0.15) is 0 Å². The summed E-state index contributed by atoms with van der Waals surface area (Å²) in [6.07, 6.45) is 0.311. The Morgan fingerprint density at radius 1 is 1.05 bits per heavy atom. The van der Waals surface area contributed by atoms with Gasteiger partial charge in [0.05, 0.1) is 10.6 Å². The van der Waals surface area contributed by atoms with Crippen LogP contribution in [0.2, 0.25) is 0 Å². The van der Waals surface area contributed by atoms with Crippen molar-refractivity contribution in [3.05, 3.63) is 72.8 Å². The summed E-state index contributed by atoms with van der Waals surface area (Å²) in [6, 6.07) is 9.20. The van der Waals surface area contributed by atoms with Crippen molar-refractivity contribution < 1.29 is 17.2 Å². The molecule has 116 valence electrons. The molecule has 0 radical (unpaired) electrons. The molecule has 0 bridgehead atoms. The van der Waals surface area contributed by atoms with Gasteiger partial charge in [-0.1, -0.05) is 42.5 Å². The zero-order chi connectivity index (χ0) is 16.4. The Bertz CT molecular complexity index is 756. The Labute approximate surface area is 128 Å². The third kappa shape index (κ3) is 3.01. The first-order chi connectivity index (χ1) is 10.3. The molecule has 0 amide bonds. The van der Waals surface area contributed by atoms with Gasteiger partial charge in [0.2, 0.25) is 0 Å². The standard InChI is InChI=1S/C16H15F2NO2S/c1-3-16(17,18)19(14-7-5-4-6-8-14)22(20,21)15-11-9-13(2)10-12-15/h3-12H,1H2,2H3. The number of hydrogen-bond donors (Lipinski definition) is 0. The monoisotopic (exact) mass is 323 g/mol. The summed E-state index contributed by atoms with van der Waals surface area (Å²) < 4.78 is 53.8. The van der Waals surface area contributed by atoms with Gasteiger partial charge < -0.3 is 0 Å². The van der Waals surface area contributed by atoms with E-state index in [4.69, 9.17) is 0 Å². The Kier molecular flexibility index (Phi) is 4.32. The van der Waals surface area contributed by atoms with Crippen molar-refractivity contribution in [1.82, 2.24) is 0 Å². The number of rotatable bonds is 5. The zero-order valence-corrected chi connectivity index (χ0v) is 12.7. The normalized spacial score (nSPS) is 12.0. The highest BCUT2D eigenvalue weighted by molar-refractivity contribution is 7.92. The molecule has 0 unspecified atom stereocenters. The lowest BCUT2D eigenvalue weighted by Gasteiger charge is -2.30. The molecule has 0 fully saturated rings. The first kappa shape index (κ1) is 16.2. The quantitative estimate of drug-likeness (QED) is 0.617. The number of aryl methyl sites for hydroxylation is 1. The lowest BCUT2D eigenvalue weighted by Crippen LogP contribution is -2.44. The maximum absolute atomic E-state index is 14.2. The van der Waals surface area contributed by atoms with Crippen LogP contribution in [0.4, 0.5) is 14.5 Å². The van der Waals surface area contributed by atoms with Gasteiger partial charge in [-0.25, -0.2) is 12.7 Å². The minimum absolute atomic E-state index is 0.0810. The van der Waals surface area contributed by atoms with Crippen molar-refractivity contribution in [2.45, 2.75) is 17.9 Å². The molecule has 0 aromatic heterocycles. The highest BCUT2D eigenvalue weighted by Crippen LogP contribution is 2.34. The van der Waals surface area contributed by atoms with Crippen molar-refractivity contribution in [2.24, 2.45) is 0 Å². The van der Waals surface area contributed by atoms with Crippen LogP contribution in [0.1, 0.15) is 5.56 Å². The zero-order valence-electron chi connectivity index (χ0n) is 11.9. The van der Waals surface area contributed by atoms with E-state index >= 15 is 0 Å². The number of halogens is 2. The first-order valence-electron chi connectivity index (χ1n) is 6.47. The molecule has 2 aromatic carbocycles. The number of para-hydroxylation sites is 1. The van der Waals surface area contributed by atoms with Gasteiger partial charge in [-0.05, 0) is 31.2 Å². The summed E-state index contributed by atoms with van der Waals surface area (Å²) in [5, 5.41) is 0. The fourth-order valence-electron chi connectivity index (χ4n) is 1.93. The third-order valence-electron chi connectivity index (χ3n) is 3.07. The van der Waals surface area contributed by atoms with Crippen molar-refractivity contribution in [1.29, 1.82) is 0 Å². The van der Waals surface area contributed by atoms with Crippen LogP contribution in [0.5, 0.6) is 0 Å². The van der Waals surface area contributed by atoms with E-state index < -0.39 is 16.1 Å². The van der Waals surface area contributed by atoms with E-state index in [2.05, 4.69) is 6.58 Å². The molecule has 0 aliphatic heterocycles. The largest absolute Gasteiger partial charge is 0.358 e. The molecule has 0 heterocycles. The van der Waals surface area contributed by atoms with E-state index in [9.17, 15) is 17.2 Å². The molecule has 0 saturated heterocycles. The molecule has 0 aliphatic carbocycles. The van der Waals surface area contributed by atoms with Gasteiger partial charge in [-0.15, -0.1) is 0 Å². The van der Waals surface area contributed by atoms with E-state index in [-0.39, 0.29) is 14.9 Å². The molecule has 0 atom stereocenters. The van der Waals surface area contributed by atoms with Crippen LogP contribution < -0.4 is 4.31 Å². The number of alkyl halides is 2. The Hall–Kier alpha value is -2.21. The van der Waals surface area contributed by atoms with Crippen LogP contribution in [0.25, 0.3) is 0 Å². The van der Waals surface area contributed by atoms with Crippen LogP contribution in [0.3, 0.4) is 0 Å². The van der Waals surface area contributed by atoms with Crippen molar-refractivity contribution in [3.8, 4) is 0 Å². The lowest BCUT2D eigenvalue weighted by atomic mass is 10.2. The summed E-state index contributed by atoms with van der Waals surface area (Å²) in [5.74, 6) is 0. The van der Waals surface area contributed by atoms with Gasteiger partial charge >= 0.3 is 6.05 Å². The molecule has 6 heteroatoms. The average molecular weight is 323 g/mol. The van der Waals surface area contributed by atoms with Crippen LogP contribution in [0, 0.1) is 6.92 Å². The van der Waals surface area contributed by atoms with Gasteiger partial charge in [-0.2, -0.15) is 8.78 Å². The third-order valence-corrected chi connectivity index (χ3v) is 4.87. The Morgan fingerprint density at radius 3 is 2.09 bits per heavy atom. The van der Waals surface area contributed by atoms with Gasteiger partial charge in [0, 0.05) is 6.08 Å². The topological polar surface area (TPSA) is 37.4 Å². The molecule has 2 aromatic rings. The number of anilines is 1. The average Bonchev–Trinajstić information content (AvgIpc) is 2.48. The SMILES string of the molecule is C=CC(F)(F)N(c1ccccc1)S(=O)(=O)c1ccc(C)cc1. The molecular formula is C16H15F2NO2S. The highest BCUT2D eigenvalue weighted by Gasteiger charge is 2.43. The molecule has 0 saturated carbocycles. The van der Waals surface area contributed by atoms with E-state index in [0.29, 0.717) is 6.08 Å². The molecule has 2 rings (SSSR count). The molecule has 22 heavy (non-hydrogen) atoms. The van der Waals surface area contributed by atoms with Gasteiger partial charge in [0.15, 0.2) is 0 Å². The second kappa shape index (κ2) is 5.88. The molecule has 0 aliphatic rings. The molecular weight excluding hydrogens is 308 g/mol. The van der Waals surface area contributed by atoms with Crippen molar-refractivity contribution in [2.75, 3.05) is 4.31 Å². The highest BCUT2D eigenvalue weighted by atomic mass is 32.2. The van der Waals surface area contributed by atoms with Crippen LogP contribution in [-0.2, 0) is 10.0 Å². The van der Waals surface area contributed by atoms with Crippen LogP contribution >= 0.6 is 0 Å². The molecule has 3 nitrogen and oxygen atoms in total. The smallest absolute Gasteiger partial charge is 0.201 e. The van der Waals surface area contributed by atoms with E-state index in [1.54, 1.807) is 25.1 Å². The fraction of sp³-hybridized carbons (Fsp3) is 0.125. The summed E-state index contributed by atoms with van der Waals surface area (Å²) in [7, 11) is -4.43. The number of nitrogens with zero attached hydrogens (tertiary/aromatic N) is 1. The Balaban J connectivity index is 2.63. The van der Waals surface area contributed by atoms with Crippen molar-refractivity contribution >= 4 is 15.7 Å². The van der Waals surface area contributed by atoms with E-state index in [0.717, 1.165) is 5.56 Å². The van der Waals surface area contributed by atoms with Gasteiger partial charge in [0.25, 0.3) is 10.0 Å². The van der Waals surface area contributed by atoms with Crippen LogP contribution in [-0.4, -0.2) is 14.5 Å². The summed E-state index contributed by atoms with van der Waals surface area (Å²) in [5.41, 5.74) is 0.702. The number of hydrogen-bond acceptors (Lipinski definition) is 2. The maximum Gasteiger partial charge on any atom is 0.358 e. The predicted octanol–water partition coefficient (Wildman–Crippen LogP) is 3.97. The van der Waals surface area contributed by atoms with Crippen molar-refractivity contribution in [3.63, 3.8) is 0 Å². The second-order valence-electron chi connectivity index (χ2n) is 4.71.